The highest BCUT2D eigenvalue weighted by Gasteiger charge is 2.17. The largest absolute Gasteiger partial charge is 0.481 e. The van der Waals surface area contributed by atoms with Gasteiger partial charge in [0.1, 0.15) is 0 Å². The molecule has 0 bridgehead atoms. The van der Waals surface area contributed by atoms with E-state index in [9.17, 15) is 4.79 Å². The summed E-state index contributed by atoms with van der Waals surface area (Å²) in [5.74, 6) is -0.255. The van der Waals surface area contributed by atoms with E-state index in [0.717, 1.165) is 5.56 Å². The van der Waals surface area contributed by atoms with Crippen LogP contribution in [0.1, 0.15) is 19.4 Å². The van der Waals surface area contributed by atoms with Crippen molar-refractivity contribution in [2.45, 2.75) is 19.4 Å². The molecule has 84 valence electrons. The first kappa shape index (κ1) is 10.7. The lowest BCUT2D eigenvalue weighted by molar-refractivity contribution is -0.137. The predicted molar refractivity (Wildman–Crippen MR) is 58.1 cm³/mol. The molecule has 0 aliphatic heterocycles. The van der Waals surface area contributed by atoms with E-state index in [1.165, 1.54) is 4.68 Å². The Kier molecular flexibility index (Phi) is 2.95. The zero-order chi connectivity index (χ0) is 11.5. The molecule has 7 heteroatoms. The highest BCUT2D eigenvalue weighted by atomic mass is 32.1. The van der Waals surface area contributed by atoms with Crippen molar-refractivity contribution in [3.05, 3.63) is 16.8 Å². The zero-order valence-corrected chi connectivity index (χ0v) is 9.39. The Morgan fingerprint density at radius 1 is 1.69 bits per heavy atom. The number of aliphatic carboxylic acids is 1. The van der Waals surface area contributed by atoms with Crippen LogP contribution in [0.3, 0.4) is 0 Å². The number of rotatable bonds is 4. The number of carbonyl (C=O) groups is 1. The first-order valence-corrected chi connectivity index (χ1v) is 5.65. The molecule has 0 radical (unpaired) electrons. The van der Waals surface area contributed by atoms with Crippen molar-refractivity contribution in [3.63, 3.8) is 0 Å². The predicted octanol–water partition coefficient (Wildman–Crippen LogP) is 1.44. The lowest BCUT2D eigenvalue weighted by Crippen LogP contribution is -2.13. The fourth-order valence-electron chi connectivity index (χ4n) is 1.41. The Morgan fingerprint density at radius 3 is 3.12 bits per heavy atom. The summed E-state index contributed by atoms with van der Waals surface area (Å²) in [5.41, 5.74) is 0.909. The van der Waals surface area contributed by atoms with Crippen LogP contribution in [-0.2, 0) is 4.79 Å². The molecule has 6 nitrogen and oxygen atoms in total. The van der Waals surface area contributed by atoms with Crippen LogP contribution in [0.5, 0.6) is 0 Å². The molecule has 2 aromatic heterocycles. The van der Waals surface area contributed by atoms with Gasteiger partial charge in [0.2, 0.25) is 0 Å². The average molecular weight is 238 g/mol. The Bertz CT molecular complexity index is 479. The summed E-state index contributed by atoms with van der Waals surface area (Å²) < 4.78 is 1.54. The molecule has 1 N–H and O–H groups in total. The lowest BCUT2D eigenvalue weighted by Gasteiger charge is -2.09. The Balaban J connectivity index is 2.29. The summed E-state index contributed by atoms with van der Waals surface area (Å²) in [5, 5.41) is 23.9. The Labute approximate surface area is 95.5 Å². The maximum Gasteiger partial charge on any atom is 0.305 e. The van der Waals surface area contributed by atoms with Gasteiger partial charge in [-0.1, -0.05) is 0 Å². The number of thiophene rings is 1. The van der Waals surface area contributed by atoms with Crippen molar-refractivity contribution in [3.8, 4) is 11.4 Å². The van der Waals surface area contributed by atoms with Crippen LogP contribution >= 0.6 is 11.3 Å². The van der Waals surface area contributed by atoms with Crippen molar-refractivity contribution in [1.29, 1.82) is 0 Å². The third-order valence-corrected chi connectivity index (χ3v) is 2.84. The van der Waals surface area contributed by atoms with Crippen molar-refractivity contribution < 1.29 is 9.90 Å². The molecule has 0 aliphatic carbocycles. The molecule has 0 aromatic carbocycles. The molecule has 16 heavy (non-hydrogen) atoms. The molecule has 0 saturated heterocycles. The summed E-state index contributed by atoms with van der Waals surface area (Å²) >= 11 is 1.55. The van der Waals surface area contributed by atoms with Gasteiger partial charge in [0.05, 0.1) is 12.5 Å². The Morgan fingerprint density at radius 2 is 2.50 bits per heavy atom. The smallest absolute Gasteiger partial charge is 0.305 e. The minimum absolute atomic E-state index is 0.00216. The minimum atomic E-state index is -0.862. The van der Waals surface area contributed by atoms with Crippen LogP contribution in [0.15, 0.2) is 16.8 Å². The summed E-state index contributed by atoms with van der Waals surface area (Å²) in [6.07, 6.45) is 0.00216. The maximum atomic E-state index is 10.6. The van der Waals surface area contributed by atoms with Crippen LogP contribution in [0.4, 0.5) is 0 Å². The first-order valence-electron chi connectivity index (χ1n) is 4.70. The fraction of sp³-hybridized carbons (Fsp3) is 0.333. The van der Waals surface area contributed by atoms with E-state index in [2.05, 4.69) is 15.5 Å². The van der Waals surface area contributed by atoms with Gasteiger partial charge >= 0.3 is 5.97 Å². The van der Waals surface area contributed by atoms with Crippen molar-refractivity contribution in [2.75, 3.05) is 0 Å². The summed E-state index contributed by atoms with van der Waals surface area (Å²) in [7, 11) is 0. The molecule has 2 heterocycles. The molecule has 0 spiro atoms. The third kappa shape index (κ3) is 2.08. The monoisotopic (exact) mass is 238 g/mol. The molecule has 0 amide bonds. The van der Waals surface area contributed by atoms with Crippen LogP contribution in [-0.4, -0.2) is 31.3 Å². The number of nitrogens with zero attached hydrogens (tertiary/aromatic N) is 4. The number of hydrogen-bond donors (Lipinski definition) is 1. The van der Waals surface area contributed by atoms with Crippen molar-refractivity contribution in [2.24, 2.45) is 0 Å². The Hall–Kier alpha value is -1.76. The second-order valence-electron chi connectivity index (χ2n) is 3.41. The van der Waals surface area contributed by atoms with Gasteiger partial charge in [-0.05, 0) is 28.8 Å². The van der Waals surface area contributed by atoms with Crippen LogP contribution < -0.4 is 0 Å². The van der Waals surface area contributed by atoms with Gasteiger partial charge in [0.25, 0.3) is 0 Å². The lowest BCUT2D eigenvalue weighted by atomic mass is 10.2. The minimum Gasteiger partial charge on any atom is -0.481 e. The quantitative estimate of drug-likeness (QED) is 0.871. The first-order chi connectivity index (χ1) is 7.68. The van der Waals surface area contributed by atoms with Crippen LogP contribution in [0.2, 0.25) is 0 Å². The normalized spacial score (nSPS) is 12.6. The van der Waals surface area contributed by atoms with E-state index in [1.807, 2.05) is 16.8 Å². The number of tetrazole rings is 1. The van der Waals surface area contributed by atoms with E-state index in [0.29, 0.717) is 5.82 Å². The molecule has 2 aromatic rings. The summed E-state index contributed by atoms with van der Waals surface area (Å²) in [4.78, 5) is 10.6. The van der Waals surface area contributed by atoms with Gasteiger partial charge in [-0.25, -0.2) is 4.68 Å². The van der Waals surface area contributed by atoms with Gasteiger partial charge in [-0.2, -0.15) is 11.3 Å². The number of carboxylic acid groups (broad SMARTS) is 1. The van der Waals surface area contributed by atoms with Gasteiger partial charge in [0, 0.05) is 10.9 Å². The summed E-state index contributed by atoms with van der Waals surface area (Å²) in [6, 6.07) is 1.64. The molecule has 0 aliphatic rings. The number of hydrogen-bond acceptors (Lipinski definition) is 5. The number of aromatic nitrogens is 4. The van der Waals surface area contributed by atoms with Crippen LogP contribution in [0, 0.1) is 0 Å². The summed E-state index contributed by atoms with van der Waals surface area (Å²) in [6.45, 7) is 1.78. The maximum absolute atomic E-state index is 10.6. The van der Waals surface area contributed by atoms with E-state index in [4.69, 9.17) is 5.11 Å². The molecule has 0 saturated carbocycles. The van der Waals surface area contributed by atoms with E-state index < -0.39 is 5.97 Å². The average Bonchev–Trinajstić information content (AvgIpc) is 2.87. The fourth-order valence-corrected chi connectivity index (χ4v) is 2.05. The van der Waals surface area contributed by atoms with Crippen LogP contribution in [0.25, 0.3) is 11.4 Å². The van der Waals surface area contributed by atoms with E-state index >= 15 is 0 Å². The third-order valence-electron chi connectivity index (χ3n) is 2.16. The molecular formula is C9H10N4O2S. The molecule has 0 fully saturated rings. The van der Waals surface area contributed by atoms with E-state index in [-0.39, 0.29) is 12.5 Å². The van der Waals surface area contributed by atoms with Gasteiger partial charge in [0.15, 0.2) is 5.82 Å². The topological polar surface area (TPSA) is 80.9 Å². The second-order valence-corrected chi connectivity index (χ2v) is 4.19. The molecule has 1 unspecified atom stereocenters. The van der Waals surface area contributed by atoms with Crippen molar-refractivity contribution in [1.82, 2.24) is 20.2 Å². The molecular weight excluding hydrogens is 228 g/mol. The van der Waals surface area contributed by atoms with Gasteiger partial charge in [-0.15, -0.1) is 5.10 Å². The standard InChI is InChI=1S/C9H10N4O2S/c1-6(4-8(14)15)13-9(10-11-12-13)7-2-3-16-5-7/h2-3,5-6H,4H2,1H3,(H,14,15). The highest BCUT2D eigenvalue weighted by Crippen LogP contribution is 2.22. The SMILES string of the molecule is CC(CC(=O)O)n1nnnc1-c1ccsc1. The van der Waals surface area contributed by atoms with Crippen molar-refractivity contribution >= 4 is 17.3 Å². The van der Waals surface area contributed by atoms with Gasteiger partial charge in [-0.3, -0.25) is 4.79 Å². The van der Waals surface area contributed by atoms with E-state index in [1.54, 1.807) is 18.3 Å². The molecule has 2 rings (SSSR count). The van der Waals surface area contributed by atoms with Gasteiger partial charge < -0.3 is 5.11 Å². The second kappa shape index (κ2) is 4.40. The number of carboxylic acids is 1. The molecule has 1 atom stereocenters. The zero-order valence-electron chi connectivity index (χ0n) is 8.57. The highest BCUT2D eigenvalue weighted by molar-refractivity contribution is 7.08.